The third kappa shape index (κ3) is 3.03. The van der Waals surface area contributed by atoms with Gasteiger partial charge in [0.05, 0.1) is 5.52 Å². The van der Waals surface area contributed by atoms with E-state index in [1.165, 1.54) is 0 Å². The zero-order chi connectivity index (χ0) is 12.1. The molecule has 0 spiro atoms. The molecule has 88 valence electrons. The SMILES string of the molecule is CCCCC(=O)Nc1ccc2ccccc2n1. The number of carbonyl (C=O) groups excluding carboxylic acids is 1. The van der Waals surface area contributed by atoms with Crippen molar-refractivity contribution in [3.05, 3.63) is 36.4 Å². The number of para-hydroxylation sites is 1. The highest BCUT2D eigenvalue weighted by atomic mass is 16.1. The van der Waals surface area contributed by atoms with Crippen LogP contribution < -0.4 is 5.32 Å². The molecule has 0 fully saturated rings. The summed E-state index contributed by atoms with van der Waals surface area (Å²) in [6, 6.07) is 11.7. The Morgan fingerprint density at radius 1 is 1.24 bits per heavy atom. The van der Waals surface area contributed by atoms with Crippen molar-refractivity contribution in [1.82, 2.24) is 4.98 Å². The molecule has 1 heterocycles. The number of amides is 1. The van der Waals surface area contributed by atoms with E-state index in [0.29, 0.717) is 12.2 Å². The average molecular weight is 228 g/mol. The number of carbonyl (C=O) groups is 1. The number of benzene rings is 1. The molecule has 0 radical (unpaired) electrons. The van der Waals surface area contributed by atoms with Crippen LogP contribution in [0.15, 0.2) is 36.4 Å². The maximum Gasteiger partial charge on any atom is 0.225 e. The van der Waals surface area contributed by atoms with Crippen molar-refractivity contribution < 1.29 is 4.79 Å². The first kappa shape index (κ1) is 11.6. The lowest BCUT2D eigenvalue weighted by atomic mass is 10.2. The lowest BCUT2D eigenvalue weighted by molar-refractivity contribution is -0.116. The van der Waals surface area contributed by atoms with Crippen molar-refractivity contribution in [2.75, 3.05) is 5.32 Å². The fourth-order valence-electron chi connectivity index (χ4n) is 1.68. The van der Waals surface area contributed by atoms with Crippen molar-refractivity contribution >= 4 is 22.6 Å². The van der Waals surface area contributed by atoms with E-state index >= 15 is 0 Å². The van der Waals surface area contributed by atoms with Gasteiger partial charge in [0.1, 0.15) is 5.82 Å². The van der Waals surface area contributed by atoms with Gasteiger partial charge in [-0.1, -0.05) is 31.5 Å². The lowest BCUT2D eigenvalue weighted by Crippen LogP contribution is -2.11. The number of pyridine rings is 1. The van der Waals surface area contributed by atoms with E-state index in [0.717, 1.165) is 23.7 Å². The minimum absolute atomic E-state index is 0.0367. The van der Waals surface area contributed by atoms with Crippen LogP contribution in [-0.2, 0) is 4.79 Å². The smallest absolute Gasteiger partial charge is 0.225 e. The van der Waals surface area contributed by atoms with Crippen LogP contribution in [0.25, 0.3) is 10.9 Å². The van der Waals surface area contributed by atoms with Gasteiger partial charge in [0.15, 0.2) is 0 Å². The van der Waals surface area contributed by atoms with Gasteiger partial charge >= 0.3 is 0 Å². The predicted molar refractivity (Wildman–Crippen MR) is 69.9 cm³/mol. The zero-order valence-corrected chi connectivity index (χ0v) is 9.94. The molecule has 1 aromatic heterocycles. The van der Waals surface area contributed by atoms with Gasteiger partial charge in [0, 0.05) is 11.8 Å². The molecular weight excluding hydrogens is 212 g/mol. The van der Waals surface area contributed by atoms with Gasteiger partial charge in [-0.15, -0.1) is 0 Å². The summed E-state index contributed by atoms with van der Waals surface area (Å²) >= 11 is 0. The molecule has 0 saturated carbocycles. The van der Waals surface area contributed by atoms with Gasteiger partial charge in [-0.2, -0.15) is 0 Å². The van der Waals surface area contributed by atoms with Crippen LogP contribution in [-0.4, -0.2) is 10.9 Å². The molecule has 0 aliphatic rings. The average Bonchev–Trinajstić information content (AvgIpc) is 2.36. The number of nitrogens with one attached hydrogen (secondary N) is 1. The number of hydrogen-bond acceptors (Lipinski definition) is 2. The summed E-state index contributed by atoms with van der Waals surface area (Å²) in [7, 11) is 0. The Balaban J connectivity index is 2.11. The highest BCUT2D eigenvalue weighted by Crippen LogP contribution is 2.14. The summed E-state index contributed by atoms with van der Waals surface area (Å²) in [6.45, 7) is 2.07. The van der Waals surface area contributed by atoms with Gasteiger partial charge in [-0.05, 0) is 24.6 Å². The Kier molecular flexibility index (Phi) is 3.70. The van der Waals surface area contributed by atoms with E-state index in [1.54, 1.807) is 0 Å². The first-order valence-corrected chi connectivity index (χ1v) is 5.95. The maximum absolute atomic E-state index is 11.6. The molecule has 17 heavy (non-hydrogen) atoms. The van der Waals surface area contributed by atoms with Crippen molar-refractivity contribution in [1.29, 1.82) is 0 Å². The number of fused-ring (bicyclic) bond motifs is 1. The summed E-state index contributed by atoms with van der Waals surface area (Å²) < 4.78 is 0. The number of anilines is 1. The molecule has 0 bridgehead atoms. The maximum atomic E-state index is 11.6. The topological polar surface area (TPSA) is 42.0 Å². The van der Waals surface area contributed by atoms with Crippen LogP contribution in [0.5, 0.6) is 0 Å². The Hall–Kier alpha value is -1.90. The molecule has 2 aromatic rings. The van der Waals surface area contributed by atoms with Gasteiger partial charge in [0.2, 0.25) is 5.91 Å². The highest BCUT2D eigenvalue weighted by Gasteiger charge is 2.03. The fraction of sp³-hybridized carbons (Fsp3) is 0.286. The summed E-state index contributed by atoms with van der Waals surface area (Å²) in [5.41, 5.74) is 0.904. The predicted octanol–water partition coefficient (Wildman–Crippen LogP) is 3.36. The summed E-state index contributed by atoms with van der Waals surface area (Å²) in [6.07, 6.45) is 2.50. The van der Waals surface area contributed by atoms with E-state index in [-0.39, 0.29) is 5.91 Å². The Labute approximate surface area is 101 Å². The van der Waals surface area contributed by atoms with Gasteiger partial charge in [-0.25, -0.2) is 4.98 Å². The number of aromatic nitrogens is 1. The minimum atomic E-state index is 0.0367. The van der Waals surface area contributed by atoms with Gasteiger partial charge < -0.3 is 5.32 Å². The molecule has 1 aromatic carbocycles. The Morgan fingerprint density at radius 3 is 2.88 bits per heavy atom. The van der Waals surface area contributed by atoms with Crippen LogP contribution in [0.1, 0.15) is 26.2 Å². The van der Waals surface area contributed by atoms with E-state index in [4.69, 9.17) is 0 Å². The first-order valence-electron chi connectivity index (χ1n) is 5.95. The van der Waals surface area contributed by atoms with Crippen LogP contribution in [0.4, 0.5) is 5.82 Å². The normalized spacial score (nSPS) is 10.4. The molecule has 0 saturated heterocycles. The van der Waals surface area contributed by atoms with Crippen molar-refractivity contribution in [3.8, 4) is 0 Å². The van der Waals surface area contributed by atoms with Crippen LogP contribution in [0.3, 0.4) is 0 Å². The number of unbranched alkanes of at least 4 members (excludes halogenated alkanes) is 1. The monoisotopic (exact) mass is 228 g/mol. The van der Waals surface area contributed by atoms with E-state index < -0.39 is 0 Å². The quantitative estimate of drug-likeness (QED) is 0.871. The second-order valence-corrected chi connectivity index (χ2v) is 4.04. The molecule has 3 heteroatoms. The van der Waals surface area contributed by atoms with Crippen molar-refractivity contribution in [2.24, 2.45) is 0 Å². The first-order chi connectivity index (χ1) is 8.29. The molecule has 1 amide bonds. The molecule has 2 rings (SSSR count). The fourth-order valence-corrected chi connectivity index (χ4v) is 1.68. The van der Waals surface area contributed by atoms with Crippen LogP contribution >= 0.6 is 0 Å². The summed E-state index contributed by atoms with van der Waals surface area (Å²) in [5.74, 6) is 0.666. The molecule has 0 unspecified atom stereocenters. The Bertz CT molecular complexity index is 522. The number of nitrogens with zero attached hydrogens (tertiary/aromatic N) is 1. The highest BCUT2D eigenvalue weighted by molar-refractivity contribution is 5.91. The van der Waals surface area contributed by atoms with Gasteiger partial charge in [0.25, 0.3) is 0 Å². The van der Waals surface area contributed by atoms with E-state index in [9.17, 15) is 4.79 Å². The summed E-state index contributed by atoms with van der Waals surface area (Å²) in [4.78, 5) is 15.9. The van der Waals surface area contributed by atoms with E-state index in [2.05, 4.69) is 17.2 Å². The molecule has 0 atom stereocenters. The second kappa shape index (κ2) is 5.43. The molecular formula is C14H16N2O. The van der Waals surface area contributed by atoms with E-state index in [1.807, 2.05) is 36.4 Å². The molecule has 0 aliphatic carbocycles. The Morgan fingerprint density at radius 2 is 2.06 bits per heavy atom. The summed E-state index contributed by atoms with van der Waals surface area (Å²) in [5, 5.41) is 3.90. The van der Waals surface area contributed by atoms with Crippen LogP contribution in [0, 0.1) is 0 Å². The second-order valence-electron chi connectivity index (χ2n) is 4.04. The standard InChI is InChI=1S/C14H16N2O/c1-2-3-8-14(17)16-13-10-9-11-6-4-5-7-12(11)15-13/h4-7,9-10H,2-3,8H2,1H3,(H,15,16,17). The third-order valence-electron chi connectivity index (χ3n) is 2.62. The number of hydrogen-bond donors (Lipinski definition) is 1. The number of rotatable bonds is 4. The van der Waals surface area contributed by atoms with Gasteiger partial charge in [-0.3, -0.25) is 4.79 Å². The zero-order valence-electron chi connectivity index (χ0n) is 9.94. The van der Waals surface area contributed by atoms with Crippen LogP contribution in [0.2, 0.25) is 0 Å². The molecule has 0 aliphatic heterocycles. The molecule has 1 N–H and O–H groups in total. The minimum Gasteiger partial charge on any atom is -0.311 e. The molecule has 3 nitrogen and oxygen atoms in total. The van der Waals surface area contributed by atoms with Crippen molar-refractivity contribution in [3.63, 3.8) is 0 Å². The lowest BCUT2D eigenvalue weighted by Gasteiger charge is -2.05. The third-order valence-corrected chi connectivity index (χ3v) is 2.62. The largest absolute Gasteiger partial charge is 0.311 e. The van der Waals surface area contributed by atoms with Crippen molar-refractivity contribution in [2.45, 2.75) is 26.2 Å².